The van der Waals surface area contributed by atoms with Crippen molar-refractivity contribution in [1.29, 1.82) is 0 Å². The number of likely N-dealkylation sites (tertiary alicyclic amines) is 1. The third-order valence-corrected chi connectivity index (χ3v) is 3.61. The fourth-order valence-corrected chi connectivity index (χ4v) is 2.59. The van der Waals surface area contributed by atoms with Gasteiger partial charge in [-0.15, -0.1) is 0 Å². The van der Waals surface area contributed by atoms with Gasteiger partial charge in [0.1, 0.15) is 6.10 Å². The molecule has 3 N–H and O–H groups in total. The smallest absolute Gasteiger partial charge is 0.364 e. The van der Waals surface area contributed by atoms with Crippen molar-refractivity contribution in [2.24, 2.45) is 0 Å². The maximum atomic E-state index is 12.2. The van der Waals surface area contributed by atoms with Crippen LogP contribution in [0.5, 0.6) is 0 Å². The molecule has 0 aliphatic carbocycles. The molecule has 0 aromatic rings. The molecule has 0 saturated carbocycles. The molecule has 2 fully saturated rings. The molecule has 2 unspecified atom stereocenters. The van der Waals surface area contributed by atoms with Gasteiger partial charge in [0.2, 0.25) is 0 Å². The predicted octanol–water partition coefficient (Wildman–Crippen LogP) is -0.688. The SMILES string of the molecule is O=C([C@H]1CC(O)CC(O)(C(=O)O)O1)N1CCCCC1. The van der Waals surface area contributed by atoms with Crippen LogP contribution in [0.1, 0.15) is 32.1 Å². The van der Waals surface area contributed by atoms with Crippen LogP contribution in [-0.2, 0) is 14.3 Å². The Morgan fingerprint density at radius 3 is 2.42 bits per heavy atom. The van der Waals surface area contributed by atoms with Crippen LogP contribution >= 0.6 is 0 Å². The number of piperidine rings is 1. The van der Waals surface area contributed by atoms with Gasteiger partial charge in [-0.25, -0.2) is 4.79 Å². The molecule has 2 rings (SSSR count). The molecule has 108 valence electrons. The number of nitrogens with zero attached hydrogens (tertiary/aromatic N) is 1. The zero-order chi connectivity index (χ0) is 14.0. The zero-order valence-electron chi connectivity index (χ0n) is 10.6. The molecule has 2 heterocycles. The lowest BCUT2D eigenvalue weighted by Crippen LogP contribution is -2.56. The zero-order valence-corrected chi connectivity index (χ0v) is 10.6. The summed E-state index contributed by atoms with van der Waals surface area (Å²) in [6, 6.07) is 0. The molecule has 7 nitrogen and oxygen atoms in total. The highest BCUT2D eigenvalue weighted by Crippen LogP contribution is 2.29. The van der Waals surface area contributed by atoms with E-state index in [2.05, 4.69) is 0 Å². The van der Waals surface area contributed by atoms with Crippen molar-refractivity contribution >= 4 is 11.9 Å². The molecule has 0 spiro atoms. The third-order valence-electron chi connectivity index (χ3n) is 3.61. The fourth-order valence-electron chi connectivity index (χ4n) is 2.59. The van der Waals surface area contributed by atoms with Crippen LogP contribution in [0.25, 0.3) is 0 Å². The summed E-state index contributed by atoms with van der Waals surface area (Å²) in [4.78, 5) is 24.8. The van der Waals surface area contributed by atoms with Crippen molar-refractivity contribution in [1.82, 2.24) is 4.90 Å². The van der Waals surface area contributed by atoms with Crippen LogP contribution < -0.4 is 0 Å². The molecule has 2 aliphatic rings. The average Bonchev–Trinajstić information content (AvgIpc) is 2.37. The van der Waals surface area contributed by atoms with E-state index in [-0.39, 0.29) is 12.3 Å². The molecule has 7 heteroatoms. The summed E-state index contributed by atoms with van der Waals surface area (Å²) < 4.78 is 5.03. The number of amides is 1. The number of hydrogen-bond acceptors (Lipinski definition) is 5. The van der Waals surface area contributed by atoms with Gasteiger partial charge in [0.05, 0.1) is 6.10 Å². The summed E-state index contributed by atoms with van der Waals surface area (Å²) in [5.74, 6) is -4.41. The number of rotatable bonds is 2. The quantitative estimate of drug-likeness (QED) is 0.615. The van der Waals surface area contributed by atoms with Crippen molar-refractivity contribution in [2.45, 2.75) is 50.1 Å². The van der Waals surface area contributed by atoms with Crippen molar-refractivity contribution in [2.75, 3.05) is 13.1 Å². The second-order valence-corrected chi connectivity index (χ2v) is 5.18. The molecular formula is C12H19NO6. The Balaban J connectivity index is 2.06. The molecule has 2 saturated heterocycles. The first kappa shape index (κ1) is 14.2. The molecule has 0 aromatic carbocycles. The Hall–Kier alpha value is -1.18. The van der Waals surface area contributed by atoms with E-state index in [4.69, 9.17) is 9.84 Å². The predicted molar refractivity (Wildman–Crippen MR) is 63.1 cm³/mol. The number of aliphatic hydroxyl groups excluding tert-OH is 1. The van der Waals surface area contributed by atoms with E-state index in [0.717, 1.165) is 19.3 Å². The minimum Gasteiger partial charge on any atom is -0.477 e. The molecule has 0 aromatic heterocycles. The second kappa shape index (κ2) is 5.44. The maximum Gasteiger partial charge on any atom is 0.364 e. The van der Waals surface area contributed by atoms with Crippen molar-refractivity contribution in [3.05, 3.63) is 0 Å². The first-order valence-electron chi connectivity index (χ1n) is 6.53. The van der Waals surface area contributed by atoms with Gasteiger partial charge in [-0.2, -0.15) is 0 Å². The normalized spacial score (nSPS) is 36.0. The van der Waals surface area contributed by atoms with Crippen LogP contribution in [0.3, 0.4) is 0 Å². The maximum absolute atomic E-state index is 12.2. The van der Waals surface area contributed by atoms with E-state index in [1.807, 2.05) is 0 Å². The summed E-state index contributed by atoms with van der Waals surface area (Å²) >= 11 is 0. The van der Waals surface area contributed by atoms with Gasteiger partial charge in [-0.05, 0) is 19.3 Å². The third kappa shape index (κ3) is 3.05. The van der Waals surface area contributed by atoms with E-state index >= 15 is 0 Å². The van der Waals surface area contributed by atoms with E-state index in [1.54, 1.807) is 4.90 Å². The Kier molecular flexibility index (Phi) is 4.07. The topological polar surface area (TPSA) is 107 Å². The van der Waals surface area contributed by atoms with Crippen LogP contribution in [0.2, 0.25) is 0 Å². The molecule has 2 aliphatic heterocycles. The summed E-state index contributed by atoms with van der Waals surface area (Å²) in [6.45, 7) is 1.22. The molecule has 0 bridgehead atoms. The Bertz CT molecular complexity index is 367. The van der Waals surface area contributed by atoms with Gasteiger partial charge >= 0.3 is 5.97 Å². The Labute approximate surface area is 110 Å². The largest absolute Gasteiger partial charge is 0.477 e. The van der Waals surface area contributed by atoms with Gasteiger partial charge in [-0.1, -0.05) is 0 Å². The minimum absolute atomic E-state index is 0.0188. The number of carboxylic acid groups (broad SMARTS) is 1. The average molecular weight is 273 g/mol. The van der Waals surface area contributed by atoms with Crippen LogP contribution in [0, 0.1) is 0 Å². The Morgan fingerprint density at radius 2 is 1.84 bits per heavy atom. The number of hydrogen-bond donors (Lipinski definition) is 3. The summed E-state index contributed by atoms with van der Waals surface area (Å²) in [5, 5.41) is 28.3. The molecule has 3 atom stereocenters. The number of aliphatic hydroxyl groups is 2. The standard InChI is InChI=1S/C12H19NO6/c14-8-6-9(19-12(18,7-8)11(16)17)10(15)13-4-2-1-3-5-13/h8-9,14,18H,1-7H2,(H,16,17)/t8?,9-,12?/m1/s1. The van der Waals surface area contributed by atoms with E-state index in [1.165, 1.54) is 0 Å². The molecule has 0 radical (unpaired) electrons. The lowest BCUT2D eigenvalue weighted by Gasteiger charge is -2.38. The summed E-state index contributed by atoms with van der Waals surface area (Å²) in [5.41, 5.74) is 0. The van der Waals surface area contributed by atoms with Crippen LogP contribution in [0.15, 0.2) is 0 Å². The lowest BCUT2D eigenvalue weighted by atomic mass is 9.97. The first-order chi connectivity index (χ1) is 8.92. The van der Waals surface area contributed by atoms with Gasteiger partial charge in [0.15, 0.2) is 0 Å². The van der Waals surface area contributed by atoms with Gasteiger partial charge in [0, 0.05) is 25.9 Å². The molecule has 19 heavy (non-hydrogen) atoms. The monoisotopic (exact) mass is 273 g/mol. The van der Waals surface area contributed by atoms with Crippen molar-refractivity contribution in [3.63, 3.8) is 0 Å². The minimum atomic E-state index is -2.48. The molecular weight excluding hydrogens is 254 g/mol. The lowest BCUT2D eigenvalue weighted by molar-refractivity contribution is -0.268. The summed E-state index contributed by atoms with van der Waals surface area (Å²) in [6.07, 6.45) is 0.319. The number of ether oxygens (including phenoxy) is 1. The van der Waals surface area contributed by atoms with Gasteiger partial charge in [-0.3, -0.25) is 4.79 Å². The number of carbonyl (C=O) groups is 2. The number of aliphatic carboxylic acids is 1. The van der Waals surface area contributed by atoms with Crippen LogP contribution in [-0.4, -0.2) is 63.2 Å². The number of carbonyl (C=O) groups excluding carboxylic acids is 1. The second-order valence-electron chi connectivity index (χ2n) is 5.18. The van der Waals surface area contributed by atoms with Crippen molar-refractivity contribution < 1.29 is 29.6 Å². The first-order valence-corrected chi connectivity index (χ1v) is 6.53. The van der Waals surface area contributed by atoms with Gasteiger partial charge in [0.25, 0.3) is 11.7 Å². The Morgan fingerprint density at radius 1 is 1.21 bits per heavy atom. The highest BCUT2D eigenvalue weighted by molar-refractivity contribution is 5.82. The molecule has 1 amide bonds. The fraction of sp³-hybridized carbons (Fsp3) is 0.833. The van der Waals surface area contributed by atoms with Gasteiger partial charge < -0.3 is 25.0 Å². The van der Waals surface area contributed by atoms with E-state index in [9.17, 15) is 19.8 Å². The number of carboxylic acids is 1. The van der Waals surface area contributed by atoms with Crippen molar-refractivity contribution in [3.8, 4) is 0 Å². The summed E-state index contributed by atoms with van der Waals surface area (Å²) in [7, 11) is 0. The van der Waals surface area contributed by atoms with E-state index < -0.39 is 30.4 Å². The van der Waals surface area contributed by atoms with Crippen LogP contribution in [0.4, 0.5) is 0 Å². The van der Waals surface area contributed by atoms with E-state index in [0.29, 0.717) is 13.1 Å². The highest BCUT2D eigenvalue weighted by atomic mass is 16.7. The highest BCUT2D eigenvalue weighted by Gasteiger charge is 2.48.